The zero-order valence-electron chi connectivity index (χ0n) is 13.6. The lowest BCUT2D eigenvalue weighted by Gasteiger charge is -2.30. The monoisotopic (exact) mass is 380 g/mol. The average Bonchev–Trinajstić information content (AvgIpc) is 3.07. The average molecular weight is 381 g/mol. The first-order chi connectivity index (χ1) is 12.0. The number of thiocarbonyl (C=S) groups is 1. The molecule has 2 aromatic rings. The van der Waals surface area contributed by atoms with Crippen LogP contribution in [0.2, 0.25) is 5.02 Å². The van der Waals surface area contributed by atoms with Crippen molar-refractivity contribution in [2.24, 2.45) is 0 Å². The highest BCUT2D eigenvalue weighted by Crippen LogP contribution is 2.40. The molecule has 6 heteroatoms. The van der Waals surface area contributed by atoms with E-state index in [9.17, 15) is 8.78 Å². The van der Waals surface area contributed by atoms with Gasteiger partial charge in [-0.3, -0.25) is 0 Å². The Kier molecular flexibility index (Phi) is 5.54. The Bertz CT molecular complexity index is 759. The van der Waals surface area contributed by atoms with Crippen LogP contribution in [0.1, 0.15) is 31.2 Å². The fourth-order valence-corrected chi connectivity index (χ4v) is 3.79. The Morgan fingerprint density at radius 2 is 1.76 bits per heavy atom. The van der Waals surface area contributed by atoms with Gasteiger partial charge in [-0.2, -0.15) is 0 Å². The molecule has 0 saturated heterocycles. The number of rotatable bonds is 4. The minimum Gasteiger partial charge on any atom is -0.362 e. The van der Waals surface area contributed by atoms with Crippen LogP contribution in [0.3, 0.4) is 0 Å². The molecule has 1 fully saturated rings. The number of hydrogen-bond acceptors (Lipinski definition) is 1. The van der Waals surface area contributed by atoms with Crippen molar-refractivity contribution in [2.75, 3.05) is 11.9 Å². The highest BCUT2D eigenvalue weighted by atomic mass is 35.5. The van der Waals surface area contributed by atoms with Crippen molar-refractivity contribution in [3.63, 3.8) is 0 Å². The van der Waals surface area contributed by atoms with Gasteiger partial charge in [0.15, 0.2) is 5.11 Å². The molecule has 0 atom stereocenters. The highest BCUT2D eigenvalue weighted by Gasteiger charge is 2.35. The number of halogens is 3. The van der Waals surface area contributed by atoms with Crippen molar-refractivity contribution < 1.29 is 8.78 Å². The summed E-state index contributed by atoms with van der Waals surface area (Å²) in [5.74, 6) is -0.692. The fraction of sp³-hybridized carbons (Fsp3) is 0.316. The molecular weight excluding hydrogens is 362 g/mol. The van der Waals surface area contributed by atoms with Crippen molar-refractivity contribution in [3.05, 3.63) is 64.7 Å². The van der Waals surface area contributed by atoms with Gasteiger partial charge >= 0.3 is 0 Å². The predicted molar refractivity (Wildman–Crippen MR) is 102 cm³/mol. The maximum absolute atomic E-state index is 13.2. The first kappa shape index (κ1) is 18.1. The van der Waals surface area contributed by atoms with Gasteiger partial charge in [-0.25, -0.2) is 8.78 Å². The zero-order valence-corrected chi connectivity index (χ0v) is 15.2. The zero-order chi connectivity index (χ0) is 17.9. The molecule has 1 aliphatic rings. The first-order valence-electron chi connectivity index (χ1n) is 8.24. The molecule has 25 heavy (non-hydrogen) atoms. The minimum absolute atomic E-state index is 0.0418. The summed E-state index contributed by atoms with van der Waals surface area (Å²) in [7, 11) is 0. The van der Waals surface area contributed by atoms with Crippen LogP contribution in [0.4, 0.5) is 14.5 Å². The third-order valence-corrected chi connectivity index (χ3v) is 5.32. The Morgan fingerprint density at radius 1 is 1.08 bits per heavy atom. The number of nitrogens with one attached hydrogen (secondary N) is 2. The summed E-state index contributed by atoms with van der Waals surface area (Å²) in [4.78, 5) is 0. The van der Waals surface area contributed by atoms with Crippen molar-refractivity contribution in [1.29, 1.82) is 0 Å². The van der Waals surface area contributed by atoms with E-state index in [2.05, 4.69) is 10.6 Å². The van der Waals surface area contributed by atoms with Crippen molar-refractivity contribution in [3.8, 4) is 0 Å². The van der Waals surface area contributed by atoms with Crippen LogP contribution >= 0.6 is 23.8 Å². The molecule has 3 rings (SSSR count). The molecule has 0 aromatic heterocycles. The van der Waals surface area contributed by atoms with Crippen molar-refractivity contribution >= 4 is 34.6 Å². The van der Waals surface area contributed by atoms with E-state index in [1.807, 2.05) is 12.1 Å². The standard InChI is InChI=1S/C19H19ClF2N2S/c20-16-11-15(7-8-17(16)22)24-18(25)23-12-19(9-1-2-10-19)13-3-5-14(21)6-4-13/h3-8,11H,1-2,9-10,12H2,(H2,23,24,25). The van der Waals surface area contributed by atoms with Crippen LogP contribution in [0.15, 0.2) is 42.5 Å². The topological polar surface area (TPSA) is 24.1 Å². The van der Waals surface area contributed by atoms with Crippen LogP contribution in [0.25, 0.3) is 0 Å². The highest BCUT2D eigenvalue weighted by molar-refractivity contribution is 7.80. The third-order valence-electron chi connectivity index (χ3n) is 4.78. The lowest BCUT2D eigenvalue weighted by atomic mass is 9.79. The minimum atomic E-state index is -0.465. The SMILES string of the molecule is Fc1ccc(C2(CNC(=S)Nc3ccc(F)c(Cl)c3)CCCC2)cc1. The van der Waals surface area contributed by atoms with Gasteiger partial charge < -0.3 is 10.6 Å². The van der Waals surface area contributed by atoms with Gasteiger partial charge in [0.2, 0.25) is 0 Å². The van der Waals surface area contributed by atoms with Gasteiger partial charge in [-0.15, -0.1) is 0 Å². The van der Waals surface area contributed by atoms with E-state index in [-0.39, 0.29) is 16.3 Å². The van der Waals surface area contributed by atoms with Crippen LogP contribution in [-0.2, 0) is 5.41 Å². The summed E-state index contributed by atoms with van der Waals surface area (Å²) < 4.78 is 26.5. The Morgan fingerprint density at radius 3 is 2.40 bits per heavy atom. The second-order valence-corrected chi connectivity index (χ2v) is 7.25. The maximum atomic E-state index is 13.2. The van der Waals surface area contributed by atoms with E-state index < -0.39 is 5.82 Å². The van der Waals surface area contributed by atoms with Crippen molar-refractivity contribution in [2.45, 2.75) is 31.1 Å². The summed E-state index contributed by atoms with van der Waals surface area (Å²) in [5, 5.41) is 6.77. The second kappa shape index (κ2) is 7.67. The van der Waals surface area contributed by atoms with Gasteiger partial charge in [-0.1, -0.05) is 36.6 Å². The quantitative estimate of drug-likeness (QED) is 0.693. The summed E-state index contributed by atoms with van der Waals surface area (Å²) >= 11 is 11.1. The van der Waals surface area contributed by atoms with E-state index in [4.69, 9.17) is 23.8 Å². The molecule has 132 valence electrons. The summed E-state index contributed by atoms with van der Waals surface area (Å²) in [6, 6.07) is 11.1. The Hall–Kier alpha value is -1.72. The van der Waals surface area contributed by atoms with Gasteiger partial charge in [0.05, 0.1) is 5.02 Å². The lowest BCUT2D eigenvalue weighted by molar-refractivity contribution is 0.434. The molecule has 2 N–H and O–H groups in total. The summed E-state index contributed by atoms with van der Waals surface area (Å²) in [6.07, 6.45) is 4.37. The predicted octanol–water partition coefficient (Wildman–Crippen LogP) is 5.42. The number of benzene rings is 2. The van der Waals surface area contributed by atoms with E-state index >= 15 is 0 Å². The largest absolute Gasteiger partial charge is 0.362 e. The molecular formula is C19H19ClF2N2S. The first-order valence-corrected chi connectivity index (χ1v) is 9.03. The smallest absolute Gasteiger partial charge is 0.170 e. The number of hydrogen-bond donors (Lipinski definition) is 2. The molecule has 0 aliphatic heterocycles. The summed E-state index contributed by atoms with van der Waals surface area (Å²) in [5.41, 5.74) is 1.72. The van der Waals surface area contributed by atoms with Gasteiger partial charge in [0.1, 0.15) is 11.6 Å². The van der Waals surface area contributed by atoms with E-state index in [0.29, 0.717) is 17.3 Å². The molecule has 0 radical (unpaired) electrons. The van der Waals surface area contributed by atoms with Gasteiger partial charge in [-0.05, 0) is 61.0 Å². The third kappa shape index (κ3) is 4.28. The maximum Gasteiger partial charge on any atom is 0.170 e. The normalized spacial score (nSPS) is 15.8. The molecule has 0 heterocycles. The summed E-state index contributed by atoms with van der Waals surface area (Å²) in [6.45, 7) is 0.666. The fourth-order valence-electron chi connectivity index (χ4n) is 3.42. The van der Waals surface area contributed by atoms with E-state index in [1.165, 1.54) is 24.3 Å². The Balaban J connectivity index is 1.66. The molecule has 0 unspecified atom stereocenters. The number of anilines is 1. The van der Waals surface area contributed by atoms with Gasteiger partial charge in [0, 0.05) is 17.6 Å². The van der Waals surface area contributed by atoms with Crippen LogP contribution in [0, 0.1) is 11.6 Å². The van der Waals surface area contributed by atoms with Crippen LogP contribution in [0.5, 0.6) is 0 Å². The van der Waals surface area contributed by atoms with Crippen molar-refractivity contribution in [1.82, 2.24) is 5.32 Å². The molecule has 2 aromatic carbocycles. The Labute approximate surface area is 156 Å². The second-order valence-electron chi connectivity index (χ2n) is 6.43. The molecule has 0 amide bonds. The lowest BCUT2D eigenvalue weighted by Crippen LogP contribution is -2.40. The van der Waals surface area contributed by atoms with Crippen LogP contribution in [-0.4, -0.2) is 11.7 Å². The molecule has 1 saturated carbocycles. The molecule has 0 bridgehead atoms. The molecule has 0 spiro atoms. The van der Waals surface area contributed by atoms with Gasteiger partial charge in [0.25, 0.3) is 0 Å². The molecule has 1 aliphatic carbocycles. The van der Waals surface area contributed by atoms with E-state index in [1.54, 1.807) is 6.07 Å². The molecule has 2 nitrogen and oxygen atoms in total. The van der Waals surface area contributed by atoms with E-state index in [0.717, 1.165) is 31.2 Å². The van der Waals surface area contributed by atoms with Crippen LogP contribution < -0.4 is 10.6 Å².